The highest BCUT2D eigenvalue weighted by molar-refractivity contribution is 7.89. The maximum Gasteiger partial charge on any atom is 0.243 e. The Morgan fingerprint density at radius 2 is 1.52 bits per heavy atom. The van der Waals surface area contributed by atoms with Gasteiger partial charge in [-0.3, -0.25) is 0 Å². The Balaban J connectivity index is 1.36. The molecule has 3 aromatic rings. The number of nitrogens with zero attached hydrogens (tertiary/aromatic N) is 1. The van der Waals surface area contributed by atoms with Crippen molar-refractivity contribution in [1.29, 1.82) is 0 Å². The zero-order valence-electron chi connectivity index (χ0n) is 18.8. The van der Waals surface area contributed by atoms with Crippen molar-refractivity contribution in [1.82, 2.24) is 4.31 Å². The first-order valence-corrected chi connectivity index (χ1v) is 13.1. The third-order valence-electron chi connectivity index (χ3n) is 5.88. The molecule has 0 aliphatic carbocycles. The lowest BCUT2D eigenvalue weighted by atomic mass is 10.0. The summed E-state index contributed by atoms with van der Waals surface area (Å²) in [6, 6.07) is 23.0. The van der Waals surface area contributed by atoms with Gasteiger partial charge in [0.05, 0.1) is 4.90 Å². The van der Waals surface area contributed by atoms with Gasteiger partial charge in [-0.05, 0) is 84.6 Å². The summed E-state index contributed by atoms with van der Waals surface area (Å²) in [5.74, 6) is 0. The fourth-order valence-corrected chi connectivity index (χ4v) is 5.62. The van der Waals surface area contributed by atoms with Crippen molar-refractivity contribution in [2.45, 2.75) is 44.0 Å². The Morgan fingerprint density at radius 1 is 0.909 bits per heavy atom. The molecule has 2 N–H and O–H groups in total. The summed E-state index contributed by atoms with van der Waals surface area (Å²) in [5, 5.41) is 6.75. The van der Waals surface area contributed by atoms with E-state index in [1.54, 1.807) is 28.6 Å². The second kappa shape index (κ2) is 10.5. The molecule has 0 saturated carbocycles. The van der Waals surface area contributed by atoms with E-state index in [0.717, 1.165) is 29.8 Å². The highest BCUT2D eigenvalue weighted by atomic mass is 32.2. The van der Waals surface area contributed by atoms with Gasteiger partial charge in [0.25, 0.3) is 0 Å². The van der Waals surface area contributed by atoms with E-state index in [1.165, 1.54) is 24.0 Å². The van der Waals surface area contributed by atoms with E-state index in [9.17, 15) is 8.42 Å². The van der Waals surface area contributed by atoms with Gasteiger partial charge in [0.15, 0.2) is 5.11 Å². The molecule has 0 atom stereocenters. The molecule has 7 heteroatoms. The number of aryl methyl sites for hydroxylation is 1. The summed E-state index contributed by atoms with van der Waals surface area (Å²) >= 11 is 5.42. The minimum Gasteiger partial charge on any atom is -0.332 e. The third kappa shape index (κ3) is 5.79. The lowest BCUT2D eigenvalue weighted by molar-refractivity contribution is 0.391. The summed E-state index contributed by atoms with van der Waals surface area (Å²) < 4.78 is 27.8. The van der Waals surface area contributed by atoms with E-state index >= 15 is 0 Å². The predicted molar refractivity (Wildman–Crippen MR) is 139 cm³/mol. The summed E-state index contributed by atoms with van der Waals surface area (Å²) in [6.07, 6.45) is 4.18. The quantitative estimate of drug-likeness (QED) is 0.433. The van der Waals surface area contributed by atoms with Crippen LogP contribution in [0.4, 0.5) is 11.4 Å². The maximum absolute atomic E-state index is 13.1. The van der Waals surface area contributed by atoms with Gasteiger partial charge in [-0.25, -0.2) is 8.42 Å². The number of hydrogen-bond acceptors (Lipinski definition) is 3. The van der Waals surface area contributed by atoms with Gasteiger partial charge in [0, 0.05) is 24.5 Å². The monoisotopic (exact) mass is 479 g/mol. The molecule has 172 valence electrons. The molecule has 3 aromatic carbocycles. The van der Waals surface area contributed by atoms with Crippen molar-refractivity contribution in [3.05, 3.63) is 89.5 Å². The van der Waals surface area contributed by atoms with E-state index in [0.29, 0.717) is 18.2 Å². The Kier molecular flexibility index (Phi) is 7.42. The smallest absolute Gasteiger partial charge is 0.243 e. The van der Waals surface area contributed by atoms with Gasteiger partial charge in [-0.2, -0.15) is 4.31 Å². The number of unbranched alkanes of at least 4 members (excludes halogenated alkanes) is 1. The number of benzene rings is 3. The second-order valence-electron chi connectivity index (χ2n) is 8.26. The molecule has 33 heavy (non-hydrogen) atoms. The van der Waals surface area contributed by atoms with Crippen LogP contribution in [0.5, 0.6) is 0 Å². The normalized spacial score (nSPS) is 13.8. The van der Waals surface area contributed by atoms with E-state index in [4.69, 9.17) is 12.2 Å². The SMILES string of the molecule is CCCCc1ccc(NC(=S)Nc2ccc(S(=O)(=O)N3CCc4ccccc4C3)cc2)cc1. The number of sulfonamides is 1. The molecular weight excluding hydrogens is 450 g/mol. The van der Waals surface area contributed by atoms with Crippen molar-refractivity contribution in [3.8, 4) is 0 Å². The first-order chi connectivity index (χ1) is 16.0. The van der Waals surface area contributed by atoms with Crippen LogP contribution in [-0.4, -0.2) is 24.4 Å². The lowest BCUT2D eigenvalue weighted by Crippen LogP contribution is -2.35. The predicted octanol–water partition coefficient (Wildman–Crippen LogP) is 5.59. The van der Waals surface area contributed by atoms with Crippen molar-refractivity contribution < 1.29 is 8.42 Å². The van der Waals surface area contributed by atoms with Crippen LogP contribution in [0.2, 0.25) is 0 Å². The number of fused-ring (bicyclic) bond motifs is 1. The first kappa shape index (κ1) is 23.4. The zero-order valence-corrected chi connectivity index (χ0v) is 20.4. The zero-order chi connectivity index (χ0) is 23.3. The fraction of sp³-hybridized carbons (Fsp3) is 0.269. The largest absolute Gasteiger partial charge is 0.332 e. The lowest BCUT2D eigenvalue weighted by Gasteiger charge is -2.28. The Morgan fingerprint density at radius 3 is 2.15 bits per heavy atom. The standard InChI is InChI=1S/C26H29N3O2S2/c1-2-3-6-20-9-11-23(12-10-20)27-26(32)28-24-13-15-25(16-14-24)33(30,31)29-18-17-21-7-4-5-8-22(21)19-29/h4-5,7-16H,2-3,6,17-19H2,1H3,(H2,27,28,32). The van der Waals surface area contributed by atoms with Crippen LogP contribution in [0.3, 0.4) is 0 Å². The highest BCUT2D eigenvalue weighted by Crippen LogP contribution is 2.25. The summed E-state index contributed by atoms with van der Waals surface area (Å²) in [7, 11) is -3.55. The van der Waals surface area contributed by atoms with Gasteiger partial charge in [-0.15, -0.1) is 0 Å². The van der Waals surface area contributed by atoms with Gasteiger partial charge in [0.2, 0.25) is 10.0 Å². The van der Waals surface area contributed by atoms with Gasteiger partial charge >= 0.3 is 0 Å². The number of anilines is 2. The Hall–Kier alpha value is -2.74. The number of thiocarbonyl (C=S) groups is 1. The highest BCUT2D eigenvalue weighted by Gasteiger charge is 2.28. The minimum absolute atomic E-state index is 0.286. The minimum atomic E-state index is -3.55. The third-order valence-corrected chi connectivity index (χ3v) is 7.94. The van der Waals surface area contributed by atoms with Gasteiger partial charge in [-0.1, -0.05) is 49.7 Å². The summed E-state index contributed by atoms with van der Waals surface area (Å²) in [6.45, 7) is 3.09. The van der Waals surface area contributed by atoms with E-state index in [1.807, 2.05) is 30.3 Å². The maximum atomic E-state index is 13.1. The number of rotatable bonds is 7. The molecule has 0 amide bonds. The Labute approximate surface area is 201 Å². The molecule has 0 aromatic heterocycles. The number of nitrogens with one attached hydrogen (secondary N) is 2. The number of hydrogen-bond donors (Lipinski definition) is 2. The molecule has 4 rings (SSSR count). The topological polar surface area (TPSA) is 61.4 Å². The van der Waals surface area contributed by atoms with Crippen LogP contribution in [-0.2, 0) is 29.4 Å². The molecule has 0 fully saturated rings. The van der Waals surface area contributed by atoms with Gasteiger partial charge < -0.3 is 10.6 Å². The molecule has 0 radical (unpaired) electrons. The van der Waals surface area contributed by atoms with E-state index < -0.39 is 10.0 Å². The average molecular weight is 480 g/mol. The Bertz CT molecular complexity index is 1210. The van der Waals surface area contributed by atoms with Crippen molar-refractivity contribution in [2.24, 2.45) is 0 Å². The van der Waals surface area contributed by atoms with E-state index in [2.05, 4.69) is 35.8 Å². The molecule has 1 aliphatic heterocycles. The van der Waals surface area contributed by atoms with Gasteiger partial charge in [0.1, 0.15) is 0 Å². The second-order valence-corrected chi connectivity index (χ2v) is 10.6. The van der Waals surface area contributed by atoms with Crippen LogP contribution in [0.1, 0.15) is 36.5 Å². The van der Waals surface area contributed by atoms with Crippen LogP contribution in [0.15, 0.2) is 77.7 Å². The van der Waals surface area contributed by atoms with Crippen LogP contribution >= 0.6 is 12.2 Å². The first-order valence-electron chi connectivity index (χ1n) is 11.3. The summed E-state index contributed by atoms with van der Waals surface area (Å²) in [5.41, 5.74) is 5.25. The average Bonchev–Trinajstić information content (AvgIpc) is 2.83. The van der Waals surface area contributed by atoms with E-state index in [-0.39, 0.29) is 4.90 Å². The molecule has 1 heterocycles. The summed E-state index contributed by atoms with van der Waals surface area (Å²) in [4.78, 5) is 0.286. The van der Waals surface area contributed by atoms with Crippen molar-refractivity contribution in [3.63, 3.8) is 0 Å². The fourth-order valence-electron chi connectivity index (χ4n) is 3.96. The van der Waals surface area contributed by atoms with Crippen LogP contribution in [0.25, 0.3) is 0 Å². The molecule has 1 aliphatic rings. The van der Waals surface area contributed by atoms with Crippen molar-refractivity contribution in [2.75, 3.05) is 17.2 Å². The molecular formula is C26H29N3O2S2. The van der Waals surface area contributed by atoms with Crippen LogP contribution < -0.4 is 10.6 Å². The molecule has 0 spiro atoms. The van der Waals surface area contributed by atoms with Crippen molar-refractivity contribution >= 4 is 38.7 Å². The molecule has 0 saturated heterocycles. The molecule has 5 nitrogen and oxygen atoms in total. The van der Waals surface area contributed by atoms with Crippen LogP contribution in [0, 0.1) is 0 Å². The molecule has 0 bridgehead atoms. The molecule has 0 unspecified atom stereocenters.